The summed E-state index contributed by atoms with van der Waals surface area (Å²) in [6.07, 6.45) is 0.292. The van der Waals surface area contributed by atoms with Gasteiger partial charge in [0.25, 0.3) is 16.7 Å². The van der Waals surface area contributed by atoms with E-state index in [1.54, 1.807) is 6.07 Å². The summed E-state index contributed by atoms with van der Waals surface area (Å²) in [6.45, 7) is 0.323. The highest BCUT2D eigenvalue weighted by atomic mass is 32.2. The molecule has 0 fully saturated rings. The third-order valence-corrected chi connectivity index (χ3v) is 6.08. The van der Waals surface area contributed by atoms with Gasteiger partial charge in [-0.05, 0) is 23.8 Å². The Morgan fingerprint density at radius 1 is 0.886 bits per heavy atom. The van der Waals surface area contributed by atoms with Crippen LogP contribution in [0, 0.1) is 0 Å². The van der Waals surface area contributed by atoms with Gasteiger partial charge in [0.2, 0.25) is 5.91 Å². The summed E-state index contributed by atoms with van der Waals surface area (Å²) < 4.78 is 7.27. The van der Waals surface area contributed by atoms with Crippen LogP contribution >= 0.6 is 11.8 Å². The third-order valence-electron chi connectivity index (χ3n) is 5.26. The number of thioether (sulfide) groups is 1. The number of aromatic nitrogens is 4. The summed E-state index contributed by atoms with van der Waals surface area (Å²) in [5, 5.41) is 17.2. The zero-order valence-electron chi connectivity index (χ0n) is 18.6. The molecule has 0 saturated carbocycles. The lowest BCUT2D eigenvalue weighted by atomic mass is 10.1. The first-order valence-electron chi connectivity index (χ1n) is 11.0. The van der Waals surface area contributed by atoms with E-state index in [1.165, 1.54) is 16.4 Å². The van der Waals surface area contributed by atoms with E-state index < -0.39 is 0 Å². The molecule has 3 aromatic carbocycles. The molecule has 0 aliphatic heterocycles. The first kappa shape index (κ1) is 22.5. The molecule has 0 aliphatic carbocycles. The first-order chi connectivity index (χ1) is 17.2. The highest BCUT2D eigenvalue weighted by molar-refractivity contribution is 7.99. The van der Waals surface area contributed by atoms with Crippen molar-refractivity contribution in [2.75, 3.05) is 11.1 Å². The molecule has 8 nitrogen and oxygen atoms in total. The zero-order valence-corrected chi connectivity index (χ0v) is 19.4. The number of anilines is 1. The number of carbonyl (C=O) groups is 1. The van der Waals surface area contributed by atoms with Gasteiger partial charge >= 0.3 is 0 Å². The van der Waals surface area contributed by atoms with Gasteiger partial charge in [0.05, 0.1) is 11.9 Å². The van der Waals surface area contributed by atoms with Crippen molar-refractivity contribution in [3.8, 4) is 11.6 Å². The monoisotopic (exact) mass is 483 g/mol. The van der Waals surface area contributed by atoms with Gasteiger partial charge in [-0.1, -0.05) is 78.5 Å². The van der Waals surface area contributed by atoms with Gasteiger partial charge in [0.15, 0.2) is 5.69 Å². The zero-order chi connectivity index (χ0) is 24.0. The minimum absolute atomic E-state index is 0.0934. The minimum Gasteiger partial charge on any atom is -0.410 e. The normalized spacial score (nSPS) is 11.0. The van der Waals surface area contributed by atoms with E-state index in [-0.39, 0.29) is 17.4 Å². The van der Waals surface area contributed by atoms with Crippen LogP contribution in [-0.2, 0) is 11.3 Å². The standard InChI is InChI=1S/C26H21N5O3S/c32-22(27-19-11-5-2-6-12-19)15-16-35-26-29-28-24(34-26)23-20-13-7-8-14-21(20)25(33)31(30-23)17-18-9-3-1-4-10-18/h1-14H,15-17H2,(H,27,32). The third kappa shape index (κ3) is 5.30. The Bertz CT molecular complexity index is 1520. The van der Waals surface area contributed by atoms with Crippen molar-refractivity contribution < 1.29 is 9.21 Å². The van der Waals surface area contributed by atoms with E-state index >= 15 is 0 Å². The number of nitrogens with zero attached hydrogens (tertiary/aromatic N) is 4. The van der Waals surface area contributed by atoms with Crippen LogP contribution in [0.4, 0.5) is 5.69 Å². The van der Waals surface area contributed by atoms with E-state index in [9.17, 15) is 9.59 Å². The fraction of sp³-hybridized carbons (Fsp3) is 0.115. The second-order valence-electron chi connectivity index (χ2n) is 7.73. The first-order valence-corrected chi connectivity index (χ1v) is 12.0. The van der Waals surface area contributed by atoms with E-state index in [4.69, 9.17) is 4.42 Å². The van der Waals surface area contributed by atoms with Crippen LogP contribution < -0.4 is 10.9 Å². The summed E-state index contributed by atoms with van der Waals surface area (Å²) in [4.78, 5) is 25.2. The van der Waals surface area contributed by atoms with Crippen molar-refractivity contribution in [3.05, 3.63) is 101 Å². The Morgan fingerprint density at radius 2 is 1.57 bits per heavy atom. The maximum absolute atomic E-state index is 13.0. The number of hydrogen-bond donors (Lipinski definition) is 1. The predicted octanol–water partition coefficient (Wildman–Crippen LogP) is 4.62. The van der Waals surface area contributed by atoms with Gasteiger partial charge in [-0.25, -0.2) is 4.68 Å². The predicted molar refractivity (Wildman–Crippen MR) is 135 cm³/mol. The van der Waals surface area contributed by atoms with Gasteiger partial charge in [-0.15, -0.1) is 10.2 Å². The van der Waals surface area contributed by atoms with E-state index in [0.717, 1.165) is 11.3 Å². The highest BCUT2D eigenvalue weighted by Crippen LogP contribution is 2.27. The molecule has 0 bridgehead atoms. The second-order valence-corrected chi connectivity index (χ2v) is 8.77. The van der Waals surface area contributed by atoms with Gasteiger partial charge in [-0.2, -0.15) is 5.10 Å². The molecule has 0 aliphatic rings. The average molecular weight is 484 g/mol. The quantitative estimate of drug-likeness (QED) is 0.321. The smallest absolute Gasteiger partial charge is 0.276 e. The lowest BCUT2D eigenvalue weighted by molar-refractivity contribution is -0.115. The summed E-state index contributed by atoms with van der Waals surface area (Å²) in [5.41, 5.74) is 1.97. The molecular formula is C26H21N5O3S. The Hall–Kier alpha value is -4.24. The summed E-state index contributed by atoms with van der Waals surface area (Å²) >= 11 is 1.29. The molecule has 35 heavy (non-hydrogen) atoms. The number of rotatable bonds is 8. The average Bonchev–Trinajstić information content (AvgIpc) is 3.36. The molecule has 1 amide bonds. The maximum atomic E-state index is 13.0. The van der Waals surface area contributed by atoms with E-state index in [0.29, 0.717) is 40.4 Å². The molecule has 2 aromatic heterocycles. The summed E-state index contributed by atoms with van der Waals surface area (Å²) in [5.74, 6) is 0.602. The molecule has 0 atom stereocenters. The summed E-state index contributed by atoms with van der Waals surface area (Å²) in [6, 6.07) is 26.2. The van der Waals surface area contributed by atoms with Crippen LogP contribution in [0.2, 0.25) is 0 Å². The number of benzene rings is 3. The molecular weight excluding hydrogens is 462 g/mol. The maximum Gasteiger partial charge on any atom is 0.276 e. The molecule has 1 N–H and O–H groups in total. The van der Waals surface area contributed by atoms with Crippen molar-refractivity contribution in [2.45, 2.75) is 18.2 Å². The molecule has 5 rings (SSSR count). The Morgan fingerprint density at radius 3 is 2.34 bits per heavy atom. The number of hydrogen-bond acceptors (Lipinski definition) is 7. The van der Waals surface area contributed by atoms with Crippen molar-refractivity contribution in [3.63, 3.8) is 0 Å². The topological polar surface area (TPSA) is 103 Å². The lowest BCUT2D eigenvalue weighted by Crippen LogP contribution is -2.24. The Labute approximate surface area is 205 Å². The second kappa shape index (κ2) is 10.4. The Kier molecular flexibility index (Phi) is 6.67. The van der Waals surface area contributed by atoms with Crippen LogP contribution in [0.15, 0.2) is 99.4 Å². The van der Waals surface area contributed by atoms with E-state index in [2.05, 4.69) is 20.6 Å². The molecule has 0 spiro atoms. The number of fused-ring (bicyclic) bond motifs is 1. The van der Waals surface area contributed by atoms with Gasteiger partial charge in [0.1, 0.15) is 0 Å². The van der Waals surface area contributed by atoms with Crippen LogP contribution in [-0.4, -0.2) is 31.6 Å². The summed E-state index contributed by atoms with van der Waals surface area (Å²) in [7, 11) is 0. The van der Waals surface area contributed by atoms with Gasteiger partial charge < -0.3 is 9.73 Å². The molecule has 0 saturated heterocycles. The number of amides is 1. The molecule has 2 heterocycles. The number of para-hydroxylation sites is 1. The number of carbonyl (C=O) groups excluding carboxylic acids is 1. The molecule has 0 unspecified atom stereocenters. The highest BCUT2D eigenvalue weighted by Gasteiger charge is 2.18. The van der Waals surface area contributed by atoms with Crippen molar-refractivity contribution in [1.29, 1.82) is 0 Å². The molecule has 5 aromatic rings. The minimum atomic E-state index is -0.188. The lowest BCUT2D eigenvalue weighted by Gasteiger charge is -2.09. The van der Waals surface area contributed by atoms with Crippen molar-refractivity contribution in [2.24, 2.45) is 0 Å². The van der Waals surface area contributed by atoms with Crippen LogP contribution in [0.25, 0.3) is 22.4 Å². The van der Waals surface area contributed by atoms with Gasteiger partial charge in [-0.3, -0.25) is 9.59 Å². The van der Waals surface area contributed by atoms with Crippen LogP contribution in [0.5, 0.6) is 0 Å². The SMILES string of the molecule is O=C(CCSc1nnc(-c2nn(Cc3ccccc3)c(=O)c3ccccc23)o1)Nc1ccccc1. The van der Waals surface area contributed by atoms with Crippen molar-refractivity contribution in [1.82, 2.24) is 20.0 Å². The molecule has 174 valence electrons. The van der Waals surface area contributed by atoms with Crippen LogP contribution in [0.3, 0.4) is 0 Å². The fourth-order valence-electron chi connectivity index (χ4n) is 3.60. The Balaban J connectivity index is 1.34. The number of nitrogens with one attached hydrogen (secondary N) is 1. The molecule has 0 radical (unpaired) electrons. The van der Waals surface area contributed by atoms with Crippen molar-refractivity contribution >= 4 is 34.1 Å². The molecule has 9 heteroatoms. The van der Waals surface area contributed by atoms with Crippen LogP contribution in [0.1, 0.15) is 12.0 Å². The largest absolute Gasteiger partial charge is 0.410 e. The van der Waals surface area contributed by atoms with E-state index in [1.807, 2.05) is 78.9 Å². The van der Waals surface area contributed by atoms with Gasteiger partial charge in [0, 0.05) is 23.2 Å². The fourth-order valence-corrected chi connectivity index (χ4v) is 4.29.